The van der Waals surface area contributed by atoms with Crippen LogP contribution in [0.15, 0.2) is 23.0 Å². The van der Waals surface area contributed by atoms with Gasteiger partial charge < -0.3 is 10.1 Å². The van der Waals surface area contributed by atoms with Crippen LogP contribution in [0.2, 0.25) is 0 Å². The molecule has 8 heteroatoms. The molecule has 0 unspecified atom stereocenters. The second-order valence-electron chi connectivity index (χ2n) is 5.60. The number of hydrogen-bond donors (Lipinski definition) is 1. The van der Waals surface area contributed by atoms with E-state index < -0.39 is 11.8 Å². The maximum atomic E-state index is 14.2. The van der Waals surface area contributed by atoms with Gasteiger partial charge in [0.1, 0.15) is 22.7 Å². The molecule has 3 aromatic rings. The number of nitrogens with zero attached hydrogens (tertiary/aromatic N) is 2. The third-order valence-electron chi connectivity index (χ3n) is 3.81. The molecule has 0 radical (unpaired) electrons. The van der Waals surface area contributed by atoms with E-state index in [1.54, 1.807) is 26.0 Å². The molecule has 0 saturated carbocycles. The Morgan fingerprint density at radius 2 is 2.08 bits per heavy atom. The third-order valence-corrected chi connectivity index (χ3v) is 4.80. The molecule has 25 heavy (non-hydrogen) atoms. The van der Waals surface area contributed by atoms with E-state index in [-0.39, 0.29) is 28.1 Å². The van der Waals surface area contributed by atoms with Gasteiger partial charge in [-0.2, -0.15) is 0 Å². The predicted molar refractivity (Wildman–Crippen MR) is 95.4 cm³/mol. The van der Waals surface area contributed by atoms with Crippen LogP contribution in [0.4, 0.5) is 15.9 Å². The first kappa shape index (κ1) is 17.1. The average Bonchev–Trinajstić information content (AvgIpc) is 2.95. The van der Waals surface area contributed by atoms with E-state index in [1.165, 1.54) is 36.1 Å². The number of carbonyl (C=O) groups is 1. The van der Waals surface area contributed by atoms with Crippen molar-refractivity contribution in [2.24, 2.45) is 7.05 Å². The highest BCUT2D eigenvalue weighted by molar-refractivity contribution is 7.19. The van der Waals surface area contributed by atoms with Gasteiger partial charge in [0.25, 0.3) is 5.56 Å². The zero-order valence-electron chi connectivity index (χ0n) is 14.1. The van der Waals surface area contributed by atoms with E-state index in [9.17, 15) is 14.0 Å². The maximum Gasteiger partial charge on any atom is 0.343 e. The highest BCUT2D eigenvalue weighted by Crippen LogP contribution is 2.31. The van der Waals surface area contributed by atoms with E-state index in [4.69, 9.17) is 4.74 Å². The standard InChI is InChI=1S/C17H16FN3O3S/c1-8-5-6-11(10(18)7-8)20-15-12(17(23)24-4)14-13(16(22)21(15)3)19-9(2)25-14/h5-7,20H,1-4H3. The second kappa shape index (κ2) is 6.29. The fraction of sp³-hybridized carbons (Fsp3) is 0.235. The number of benzene rings is 1. The van der Waals surface area contributed by atoms with Gasteiger partial charge in [-0.1, -0.05) is 6.07 Å². The van der Waals surface area contributed by atoms with E-state index >= 15 is 0 Å². The number of halogens is 1. The van der Waals surface area contributed by atoms with Crippen molar-refractivity contribution in [2.45, 2.75) is 13.8 Å². The lowest BCUT2D eigenvalue weighted by atomic mass is 10.2. The molecule has 0 bridgehead atoms. The van der Waals surface area contributed by atoms with Crippen molar-refractivity contribution in [2.75, 3.05) is 12.4 Å². The Kier molecular flexibility index (Phi) is 4.30. The van der Waals surface area contributed by atoms with Crippen molar-refractivity contribution in [1.29, 1.82) is 0 Å². The molecule has 1 aromatic carbocycles. The van der Waals surface area contributed by atoms with Crippen molar-refractivity contribution in [1.82, 2.24) is 9.55 Å². The van der Waals surface area contributed by atoms with Crippen molar-refractivity contribution in [3.8, 4) is 0 Å². The molecule has 2 heterocycles. The lowest BCUT2D eigenvalue weighted by Crippen LogP contribution is -2.23. The van der Waals surface area contributed by atoms with Gasteiger partial charge in [0.2, 0.25) is 0 Å². The van der Waals surface area contributed by atoms with Gasteiger partial charge in [0.15, 0.2) is 0 Å². The summed E-state index contributed by atoms with van der Waals surface area (Å²) < 4.78 is 20.8. The molecule has 3 rings (SSSR count). The first-order valence-corrected chi connectivity index (χ1v) is 8.26. The summed E-state index contributed by atoms with van der Waals surface area (Å²) in [4.78, 5) is 29.1. The molecule has 0 aliphatic carbocycles. The topological polar surface area (TPSA) is 73.2 Å². The number of fused-ring (bicyclic) bond motifs is 1. The van der Waals surface area contributed by atoms with Crippen LogP contribution in [0, 0.1) is 19.7 Å². The first-order valence-electron chi connectivity index (χ1n) is 7.45. The summed E-state index contributed by atoms with van der Waals surface area (Å²) in [6.45, 7) is 3.52. The Bertz CT molecular complexity index is 1060. The highest BCUT2D eigenvalue weighted by atomic mass is 32.1. The molecule has 2 aromatic heterocycles. The number of nitrogens with one attached hydrogen (secondary N) is 1. The summed E-state index contributed by atoms with van der Waals surface area (Å²) in [6, 6.07) is 4.66. The quantitative estimate of drug-likeness (QED) is 0.725. The first-order chi connectivity index (χ1) is 11.8. The molecule has 0 aliphatic rings. The molecule has 1 N–H and O–H groups in total. The number of aromatic nitrogens is 2. The Morgan fingerprint density at radius 3 is 2.72 bits per heavy atom. The minimum Gasteiger partial charge on any atom is -0.465 e. The van der Waals surface area contributed by atoms with Crippen molar-refractivity contribution in [3.05, 3.63) is 50.5 Å². The smallest absolute Gasteiger partial charge is 0.343 e. The van der Waals surface area contributed by atoms with Crippen LogP contribution in [-0.2, 0) is 11.8 Å². The van der Waals surface area contributed by atoms with Crippen LogP contribution in [-0.4, -0.2) is 22.6 Å². The van der Waals surface area contributed by atoms with Gasteiger partial charge in [-0.25, -0.2) is 14.2 Å². The lowest BCUT2D eigenvalue weighted by Gasteiger charge is -2.16. The minimum absolute atomic E-state index is 0.158. The molecule has 0 atom stereocenters. The van der Waals surface area contributed by atoms with E-state index in [2.05, 4.69) is 10.3 Å². The molecule has 130 valence electrons. The SMILES string of the molecule is COC(=O)c1c(Nc2ccc(C)cc2F)n(C)c(=O)c2nc(C)sc12. The summed E-state index contributed by atoms with van der Waals surface area (Å²) in [6.07, 6.45) is 0. The number of methoxy groups -OCH3 is 1. The van der Waals surface area contributed by atoms with Gasteiger partial charge in [0, 0.05) is 7.05 Å². The maximum absolute atomic E-state index is 14.2. The number of esters is 1. The summed E-state index contributed by atoms with van der Waals surface area (Å²) in [5.41, 5.74) is 0.900. The number of carbonyl (C=O) groups excluding carboxylic acids is 1. The Morgan fingerprint density at radius 1 is 1.36 bits per heavy atom. The number of hydrogen-bond acceptors (Lipinski definition) is 6. The highest BCUT2D eigenvalue weighted by Gasteiger charge is 2.24. The normalized spacial score (nSPS) is 10.9. The van der Waals surface area contributed by atoms with Crippen LogP contribution in [0.3, 0.4) is 0 Å². The summed E-state index contributed by atoms with van der Waals surface area (Å²) in [5.74, 6) is -0.945. The Balaban J connectivity index is 2.31. The van der Waals surface area contributed by atoms with Crippen LogP contribution >= 0.6 is 11.3 Å². The number of rotatable bonds is 3. The van der Waals surface area contributed by atoms with Crippen molar-refractivity contribution >= 4 is 39.0 Å². The molecule has 0 spiro atoms. The Hall–Kier alpha value is -2.74. The number of aryl methyl sites for hydroxylation is 2. The molecule has 6 nitrogen and oxygen atoms in total. The van der Waals surface area contributed by atoms with E-state index in [0.29, 0.717) is 9.71 Å². The second-order valence-corrected chi connectivity index (χ2v) is 6.80. The van der Waals surface area contributed by atoms with Crippen molar-refractivity contribution < 1.29 is 13.9 Å². The Labute approximate surface area is 146 Å². The lowest BCUT2D eigenvalue weighted by molar-refractivity contribution is 0.0603. The van der Waals surface area contributed by atoms with Gasteiger partial charge >= 0.3 is 5.97 Å². The van der Waals surface area contributed by atoms with Crippen LogP contribution in [0.1, 0.15) is 20.9 Å². The number of thiazole rings is 1. The number of anilines is 2. The van der Waals surface area contributed by atoms with Gasteiger partial charge in [-0.15, -0.1) is 11.3 Å². The molecule has 0 fully saturated rings. The minimum atomic E-state index is -0.626. The van der Waals surface area contributed by atoms with Gasteiger partial charge in [-0.3, -0.25) is 9.36 Å². The predicted octanol–water partition coefficient (Wildman–Crippen LogP) is 3.28. The number of pyridine rings is 1. The fourth-order valence-electron chi connectivity index (χ4n) is 2.56. The summed E-state index contributed by atoms with van der Waals surface area (Å²) in [5, 5.41) is 3.51. The zero-order chi connectivity index (χ0) is 18.3. The van der Waals surface area contributed by atoms with E-state index in [1.807, 2.05) is 0 Å². The number of ether oxygens (including phenoxy) is 1. The molecular weight excluding hydrogens is 345 g/mol. The summed E-state index contributed by atoms with van der Waals surface area (Å²) in [7, 11) is 2.75. The average molecular weight is 361 g/mol. The molecule has 0 aliphatic heterocycles. The molecule has 0 amide bonds. The zero-order valence-corrected chi connectivity index (χ0v) is 15.0. The van der Waals surface area contributed by atoms with Gasteiger partial charge in [-0.05, 0) is 31.5 Å². The van der Waals surface area contributed by atoms with Gasteiger partial charge in [0.05, 0.1) is 22.5 Å². The third kappa shape index (κ3) is 2.89. The largest absolute Gasteiger partial charge is 0.465 e. The molecule has 0 saturated heterocycles. The molecular formula is C17H16FN3O3S. The van der Waals surface area contributed by atoms with E-state index in [0.717, 1.165) is 5.56 Å². The van der Waals surface area contributed by atoms with Crippen LogP contribution < -0.4 is 10.9 Å². The van der Waals surface area contributed by atoms with Crippen molar-refractivity contribution in [3.63, 3.8) is 0 Å². The summed E-state index contributed by atoms with van der Waals surface area (Å²) >= 11 is 1.22. The van der Waals surface area contributed by atoms with Crippen LogP contribution in [0.5, 0.6) is 0 Å². The fourth-order valence-corrected chi connectivity index (χ4v) is 3.51. The monoisotopic (exact) mass is 361 g/mol. The van der Waals surface area contributed by atoms with Crippen LogP contribution in [0.25, 0.3) is 10.2 Å².